The summed E-state index contributed by atoms with van der Waals surface area (Å²) in [5.74, 6) is -2.58. The van der Waals surface area contributed by atoms with Crippen molar-refractivity contribution < 1.29 is 34.1 Å². The van der Waals surface area contributed by atoms with Crippen molar-refractivity contribution in [2.45, 2.75) is 45.4 Å². The molecule has 3 unspecified atom stereocenters. The van der Waals surface area contributed by atoms with Crippen molar-refractivity contribution in [1.29, 1.82) is 0 Å². The quantitative estimate of drug-likeness (QED) is 0.248. The maximum atomic E-state index is 13.4. The first-order valence-electron chi connectivity index (χ1n) is 13.9. The molecule has 0 spiro atoms. The van der Waals surface area contributed by atoms with E-state index in [0.29, 0.717) is 41.0 Å². The van der Waals surface area contributed by atoms with E-state index in [1.807, 2.05) is 48.1 Å². The number of hydrogen-bond acceptors (Lipinski definition) is 6. The number of aromatic nitrogens is 1. The van der Waals surface area contributed by atoms with Gasteiger partial charge in [-0.05, 0) is 48.2 Å². The Morgan fingerprint density at radius 2 is 1.86 bits per heavy atom. The summed E-state index contributed by atoms with van der Waals surface area (Å²) in [6.07, 6.45) is 3.84. The van der Waals surface area contributed by atoms with Gasteiger partial charge in [0.05, 0.1) is 18.1 Å². The van der Waals surface area contributed by atoms with Gasteiger partial charge in [0.15, 0.2) is 5.78 Å². The number of amides is 2. The first kappa shape index (κ1) is 27.5. The summed E-state index contributed by atoms with van der Waals surface area (Å²) >= 11 is 0. The van der Waals surface area contributed by atoms with E-state index < -0.39 is 29.9 Å². The van der Waals surface area contributed by atoms with Crippen LogP contribution in [0, 0.1) is 11.8 Å². The molecule has 3 heterocycles. The van der Waals surface area contributed by atoms with Gasteiger partial charge >= 0.3 is 5.97 Å². The summed E-state index contributed by atoms with van der Waals surface area (Å²) in [4.78, 5) is 50.6. The molecule has 1 saturated heterocycles. The van der Waals surface area contributed by atoms with Crippen LogP contribution in [0.15, 0.2) is 66.1 Å². The van der Waals surface area contributed by atoms with E-state index in [2.05, 4.69) is 0 Å². The molecule has 0 radical (unpaired) electrons. The number of carboxylic acid groups (broad SMARTS) is 1. The zero-order chi connectivity index (χ0) is 29.9. The molecular weight excluding hydrogens is 538 g/mol. The van der Waals surface area contributed by atoms with E-state index in [-0.39, 0.29) is 36.3 Å². The number of primary amides is 1. The normalized spacial score (nSPS) is 21.1. The van der Waals surface area contributed by atoms with Crippen LogP contribution in [-0.4, -0.2) is 62.0 Å². The minimum Gasteiger partial charge on any atom is -0.488 e. The van der Waals surface area contributed by atoms with E-state index in [1.165, 1.54) is 11.8 Å². The van der Waals surface area contributed by atoms with E-state index in [0.717, 1.165) is 16.7 Å². The topological polar surface area (TPSA) is 152 Å². The number of aliphatic hydroxyl groups excluding tert-OH is 1. The third-order valence-electron chi connectivity index (χ3n) is 8.61. The number of rotatable bonds is 10. The van der Waals surface area contributed by atoms with E-state index in [9.17, 15) is 29.4 Å². The Balaban J connectivity index is 1.24. The molecule has 4 N–H and O–H groups in total. The Hall–Kier alpha value is -4.70. The summed E-state index contributed by atoms with van der Waals surface area (Å²) in [5, 5.41) is 20.0. The Labute approximate surface area is 242 Å². The molecule has 2 amide bonds. The van der Waals surface area contributed by atoms with E-state index >= 15 is 0 Å². The molecule has 1 aliphatic carbocycles. The Bertz CT molecular complexity index is 1680. The number of carboxylic acids is 1. The third-order valence-corrected chi connectivity index (χ3v) is 8.61. The largest absolute Gasteiger partial charge is 0.488 e. The molecule has 0 bridgehead atoms. The van der Waals surface area contributed by atoms with Crippen LogP contribution in [0.4, 0.5) is 0 Å². The van der Waals surface area contributed by atoms with Gasteiger partial charge in [0.2, 0.25) is 11.8 Å². The number of ketones is 1. The van der Waals surface area contributed by atoms with Crippen molar-refractivity contribution in [2.24, 2.45) is 17.6 Å². The summed E-state index contributed by atoms with van der Waals surface area (Å²) < 4.78 is 8.12. The Morgan fingerprint density at radius 1 is 1.07 bits per heavy atom. The number of aliphatic hydroxyl groups is 1. The molecule has 10 heteroatoms. The molecule has 6 rings (SSSR count). The predicted octanol–water partition coefficient (Wildman–Crippen LogP) is 2.74. The van der Waals surface area contributed by atoms with Crippen molar-refractivity contribution in [1.82, 2.24) is 9.47 Å². The van der Waals surface area contributed by atoms with Crippen molar-refractivity contribution in [3.8, 4) is 16.9 Å². The van der Waals surface area contributed by atoms with Crippen molar-refractivity contribution in [3.05, 3.63) is 88.4 Å². The lowest BCUT2D eigenvalue weighted by Crippen LogP contribution is -2.63. The number of carbonyl (C=O) groups is 4. The van der Waals surface area contributed by atoms with Crippen LogP contribution in [0.2, 0.25) is 0 Å². The Morgan fingerprint density at radius 3 is 2.57 bits per heavy atom. The molecule has 2 aromatic carbocycles. The van der Waals surface area contributed by atoms with Crippen LogP contribution >= 0.6 is 0 Å². The summed E-state index contributed by atoms with van der Waals surface area (Å²) in [5.41, 5.74) is 10.1. The van der Waals surface area contributed by atoms with Crippen LogP contribution < -0.4 is 10.5 Å². The number of ether oxygens (including phenoxy) is 1. The summed E-state index contributed by atoms with van der Waals surface area (Å²) in [7, 11) is 0. The zero-order valence-electron chi connectivity index (χ0n) is 23.2. The molecule has 3 aliphatic rings. The van der Waals surface area contributed by atoms with Crippen molar-refractivity contribution >= 4 is 23.6 Å². The van der Waals surface area contributed by atoms with Gasteiger partial charge in [0.25, 0.3) is 0 Å². The molecule has 0 saturated carbocycles. The predicted molar refractivity (Wildman–Crippen MR) is 151 cm³/mol. The molecule has 1 fully saturated rings. The summed E-state index contributed by atoms with van der Waals surface area (Å²) in [6.45, 7) is 3.82. The number of nitrogens with zero attached hydrogens (tertiary/aromatic N) is 2. The highest BCUT2D eigenvalue weighted by Crippen LogP contribution is 2.48. The lowest BCUT2D eigenvalue weighted by Gasteiger charge is -2.46. The van der Waals surface area contributed by atoms with Gasteiger partial charge in [-0.25, -0.2) is 4.79 Å². The van der Waals surface area contributed by atoms with Gasteiger partial charge < -0.3 is 30.2 Å². The average molecular weight is 570 g/mol. The van der Waals surface area contributed by atoms with Gasteiger partial charge in [0.1, 0.15) is 18.1 Å². The van der Waals surface area contributed by atoms with Gasteiger partial charge in [-0.1, -0.05) is 31.2 Å². The monoisotopic (exact) mass is 569 g/mol. The van der Waals surface area contributed by atoms with Crippen LogP contribution in [0.3, 0.4) is 0 Å². The lowest BCUT2D eigenvalue weighted by molar-refractivity contribution is -0.163. The van der Waals surface area contributed by atoms with Gasteiger partial charge in [-0.3, -0.25) is 14.4 Å². The maximum Gasteiger partial charge on any atom is 0.352 e. The van der Waals surface area contributed by atoms with Gasteiger partial charge in [0, 0.05) is 53.5 Å². The highest BCUT2D eigenvalue weighted by molar-refractivity contribution is 6.22. The van der Waals surface area contributed by atoms with E-state index in [1.54, 1.807) is 18.2 Å². The minimum atomic E-state index is -1.21. The highest BCUT2D eigenvalue weighted by atomic mass is 16.5. The number of fused-ring (bicyclic) bond motifs is 4. The minimum absolute atomic E-state index is 0.0690. The molecular formula is C32H31N3O7. The van der Waals surface area contributed by atoms with Crippen LogP contribution in [0.25, 0.3) is 11.1 Å². The molecule has 10 nitrogen and oxygen atoms in total. The number of aryl methyl sites for hydroxylation is 1. The fourth-order valence-corrected chi connectivity index (χ4v) is 6.57. The van der Waals surface area contributed by atoms with Crippen LogP contribution in [-0.2, 0) is 27.3 Å². The standard InChI is InChI=1S/C32H31N3O7/c1-16-23(29(32(40)41)35-28(16)26(17(2)36)31(35)39)15-42-24-5-3-4-21-27(24)20-7-6-18(13-22(20)30(21)38)12-19-8-10-34(14-19)11-9-25(33)37/h3-8,10,13-14,16-17,26,28,36H,9,11-12,15H2,1-2H3,(H2,33,37)(H,40,41)/t16-,17?,26?,28?/m0/s1. The SMILES string of the molecule is CC(O)C1C(=O)N2C(C(=O)O)=C(COc3cccc4c3-c3ccc(Cc5ccn(CCC(N)=O)c5)cc3C4=O)[C@H](C)C12. The summed E-state index contributed by atoms with van der Waals surface area (Å²) in [6, 6.07) is 12.5. The van der Waals surface area contributed by atoms with Gasteiger partial charge in [-0.2, -0.15) is 0 Å². The average Bonchev–Trinajstić information content (AvgIpc) is 3.58. The van der Waals surface area contributed by atoms with Crippen molar-refractivity contribution in [2.75, 3.05) is 6.61 Å². The Kier molecular flexibility index (Phi) is 6.73. The molecule has 1 aromatic heterocycles. The first-order valence-corrected chi connectivity index (χ1v) is 13.9. The number of carbonyl (C=O) groups excluding carboxylic acids is 3. The first-order chi connectivity index (χ1) is 20.1. The number of β-lactam (4-membered cyclic amide) rings is 1. The highest BCUT2D eigenvalue weighted by Gasteiger charge is 2.59. The molecule has 2 aliphatic heterocycles. The molecule has 216 valence electrons. The fourth-order valence-electron chi connectivity index (χ4n) is 6.57. The second-order valence-electron chi connectivity index (χ2n) is 11.3. The molecule has 42 heavy (non-hydrogen) atoms. The lowest BCUT2D eigenvalue weighted by atomic mass is 9.78. The molecule has 4 atom stereocenters. The van der Waals surface area contributed by atoms with Crippen LogP contribution in [0.5, 0.6) is 5.75 Å². The fraction of sp³-hybridized carbons (Fsp3) is 0.312. The number of hydrogen-bond donors (Lipinski definition) is 3. The second-order valence-corrected chi connectivity index (χ2v) is 11.3. The molecule has 3 aromatic rings. The second kappa shape index (κ2) is 10.3. The third kappa shape index (κ3) is 4.39. The smallest absolute Gasteiger partial charge is 0.352 e. The zero-order valence-corrected chi connectivity index (χ0v) is 23.2. The number of benzene rings is 2. The van der Waals surface area contributed by atoms with Crippen LogP contribution in [0.1, 0.15) is 47.3 Å². The number of aliphatic carboxylic acids is 1. The maximum absolute atomic E-state index is 13.4. The van der Waals surface area contributed by atoms with E-state index in [4.69, 9.17) is 10.5 Å². The van der Waals surface area contributed by atoms with Gasteiger partial charge in [-0.15, -0.1) is 0 Å². The number of nitrogens with two attached hydrogens (primary N) is 1. The van der Waals surface area contributed by atoms with Crippen molar-refractivity contribution in [3.63, 3.8) is 0 Å².